The van der Waals surface area contributed by atoms with E-state index in [0.717, 1.165) is 25.0 Å². The summed E-state index contributed by atoms with van der Waals surface area (Å²) in [5.41, 5.74) is 0.0133. The van der Waals surface area contributed by atoms with Gasteiger partial charge in [0.25, 0.3) is 5.91 Å². The lowest BCUT2D eigenvalue weighted by molar-refractivity contribution is 0.0909. The number of nitrogens with one attached hydrogen (secondary N) is 1. The van der Waals surface area contributed by atoms with E-state index in [9.17, 15) is 13.2 Å². The molecule has 5 nitrogen and oxygen atoms in total. The molecule has 0 saturated heterocycles. The molecule has 0 bridgehead atoms. The average molecular weight is 351 g/mol. The molecule has 0 aliphatic heterocycles. The molecule has 21 heavy (non-hydrogen) atoms. The van der Waals surface area contributed by atoms with E-state index in [2.05, 4.69) is 5.32 Å². The highest BCUT2D eigenvalue weighted by Crippen LogP contribution is 2.31. The second-order valence-corrected chi connectivity index (χ2v) is 7.61. The van der Waals surface area contributed by atoms with Gasteiger partial charge in [-0.05, 0) is 37.8 Å². The lowest BCUT2D eigenvalue weighted by atomic mass is 9.80. The summed E-state index contributed by atoms with van der Waals surface area (Å²) >= 11 is 11.9. The van der Waals surface area contributed by atoms with Crippen molar-refractivity contribution in [2.75, 3.05) is 0 Å². The van der Waals surface area contributed by atoms with Gasteiger partial charge < -0.3 is 5.32 Å². The molecule has 1 atom stereocenters. The molecule has 0 spiro atoms. The molecule has 2 rings (SSSR count). The van der Waals surface area contributed by atoms with Crippen LogP contribution in [0.25, 0.3) is 0 Å². The largest absolute Gasteiger partial charge is 0.349 e. The first-order valence-corrected chi connectivity index (χ1v) is 8.83. The first kappa shape index (κ1) is 16.5. The predicted molar refractivity (Wildman–Crippen MR) is 82.1 cm³/mol. The molecule has 116 valence electrons. The van der Waals surface area contributed by atoms with Crippen molar-refractivity contribution in [3.63, 3.8) is 0 Å². The summed E-state index contributed by atoms with van der Waals surface area (Å²) in [6.45, 7) is 1.92. The number of rotatable bonds is 4. The normalized spacial score (nSPS) is 17.1. The van der Waals surface area contributed by atoms with Crippen LogP contribution in [0.4, 0.5) is 0 Å². The second kappa shape index (κ2) is 6.12. The lowest BCUT2D eigenvalue weighted by Crippen LogP contribution is -2.40. The van der Waals surface area contributed by atoms with E-state index < -0.39 is 15.9 Å². The van der Waals surface area contributed by atoms with Gasteiger partial charge in [-0.25, -0.2) is 13.6 Å². The van der Waals surface area contributed by atoms with Crippen molar-refractivity contribution >= 4 is 39.1 Å². The van der Waals surface area contributed by atoms with Gasteiger partial charge in [-0.1, -0.05) is 29.6 Å². The van der Waals surface area contributed by atoms with Crippen LogP contribution in [0, 0.1) is 5.92 Å². The van der Waals surface area contributed by atoms with Crippen LogP contribution in [0.2, 0.25) is 10.0 Å². The van der Waals surface area contributed by atoms with Crippen molar-refractivity contribution in [3.05, 3.63) is 27.7 Å². The zero-order valence-corrected chi connectivity index (χ0v) is 13.7. The van der Waals surface area contributed by atoms with Crippen LogP contribution in [0.5, 0.6) is 0 Å². The Hall–Kier alpha value is -0.820. The van der Waals surface area contributed by atoms with Crippen LogP contribution in [-0.4, -0.2) is 20.4 Å². The Balaban J connectivity index is 2.29. The highest BCUT2D eigenvalue weighted by molar-refractivity contribution is 7.89. The molecule has 0 heterocycles. The summed E-state index contributed by atoms with van der Waals surface area (Å²) in [6, 6.07) is 2.27. The summed E-state index contributed by atoms with van der Waals surface area (Å²) in [5.74, 6) is -0.00331. The minimum absolute atomic E-state index is 0.000711. The second-order valence-electron chi connectivity index (χ2n) is 5.26. The van der Waals surface area contributed by atoms with E-state index >= 15 is 0 Å². The standard InChI is InChI=1S/C13H16Cl2N2O3S/c1-7(8-3-2-4-8)17-13(18)10-5-9(21(16,19)20)6-11(14)12(10)15/h5-8H,2-4H2,1H3,(H,17,18)(H2,16,19,20). The van der Waals surface area contributed by atoms with E-state index in [4.69, 9.17) is 28.3 Å². The van der Waals surface area contributed by atoms with E-state index in [1.54, 1.807) is 0 Å². The Kier molecular flexibility index (Phi) is 4.82. The number of benzene rings is 1. The number of primary sulfonamides is 1. The Morgan fingerprint density at radius 3 is 2.48 bits per heavy atom. The van der Waals surface area contributed by atoms with Gasteiger partial charge in [-0.2, -0.15) is 0 Å². The molecule has 1 aromatic rings. The van der Waals surface area contributed by atoms with Crippen molar-refractivity contribution in [2.45, 2.75) is 37.1 Å². The van der Waals surface area contributed by atoms with Gasteiger partial charge in [-0.15, -0.1) is 0 Å². The highest BCUT2D eigenvalue weighted by atomic mass is 35.5. The molecule has 1 amide bonds. The molecule has 1 aliphatic carbocycles. The van der Waals surface area contributed by atoms with Gasteiger partial charge in [0, 0.05) is 6.04 Å². The van der Waals surface area contributed by atoms with E-state index in [0.29, 0.717) is 5.92 Å². The SMILES string of the molecule is CC(NC(=O)c1cc(S(N)(=O)=O)cc(Cl)c1Cl)C1CCC1. The molecule has 1 aliphatic rings. The molecular weight excluding hydrogens is 335 g/mol. The maximum Gasteiger partial charge on any atom is 0.253 e. The van der Waals surface area contributed by atoms with Crippen LogP contribution >= 0.6 is 23.2 Å². The summed E-state index contributed by atoms with van der Waals surface area (Å²) in [5, 5.41) is 7.88. The number of amides is 1. The molecule has 1 saturated carbocycles. The molecule has 1 fully saturated rings. The fourth-order valence-electron chi connectivity index (χ4n) is 2.24. The number of hydrogen-bond donors (Lipinski definition) is 2. The van der Waals surface area contributed by atoms with Crippen LogP contribution in [0.1, 0.15) is 36.5 Å². The predicted octanol–water partition coefficient (Wildman–Crippen LogP) is 2.56. The molecule has 0 aromatic heterocycles. The van der Waals surface area contributed by atoms with Crippen molar-refractivity contribution in [1.82, 2.24) is 5.32 Å². The van der Waals surface area contributed by atoms with Gasteiger partial charge in [-0.3, -0.25) is 4.79 Å². The lowest BCUT2D eigenvalue weighted by Gasteiger charge is -2.32. The van der Waals surface area contributed by atoms with Crippen molar-refractivity contribution < 1.29 is 13.2 Å². The van der Waals surface area contributed by atoms with Crippen LogP contribution in [0.3, 0.4) is 0 Å². The van der Waals surface area contributed by atoms with Crippen molar-refractivity contribution in [3.8, 4) is 0 Å². The highest BCUT2D eigenvalue weighted by Gasteiger charge is 2.26. The quantitative estimate of drug-likeness (QED) is 0.874. The number of sulfonamides is 1. The monoisotopic (exact) mass is 350 g/mol. The third-order valence-corrected chi connectivity index (χ3v) is 5.49. The fourth-order valence-corrected chi connectivity index (χ4v) is 3.28. The molecule has 3 N–H and O–H groups in total. The van der Waals surface area contributed by atoms with Gasteiger partial charge in [0.1, 0.15) is 0 Å². The van der Waals surface area contributed by atoms with Crippen molar-refractivity contribution in [2.24, 2.45) is 11.1 Å². The summed E-state index contributed by atoms with van der Waals surface area (Å²) in [4.78, 5) is 12.0. The number of hydrogen-bond acceptors (Lipinski definition) is 3. The minimum Gasteiger partial charge on any atom is -0.349 e. The molecular formula is C13H16Cl2N2O3S. The van der Waals surface area contributed by atoms with Gasteiger partial charge in [0.2, 0.25) is 10.0 Å². The Bertz CT molecular complexity index is 672. The van der Waals surface area contributed by atoms with E-state index in [1.807, 2.05) is 6.92 Å². The first-order chi connectivity index (χ1) is 9.70. The summed E-state index contributed by atoms with van der Waals surface area (Å²) in [6.07, 6.45) is 3.32. The number of halogens is 2. The van der Waals surface area contributed by atoms with Crippen LogP contribution in [-0.2, 0) is 10.0 Å². The summed E-state index contributed by atoms with van der Waals surface area (Å²) in [7, 11) is -3.96. The third kappa shape index (κ3) is 3.69. The van der Waals surface area contributed by atoms with Crippen molar-refractivity contribution in [1.29, 1.82) is 0 Å². The summed E-state index contributed by atoms with van der Waals surface area (Å²) < 4.78 is 22.8. The maximum absolute atomic E-state index is 12.3. The average Bonchev–Trinajstić information content (AvgIpc) is 2.28. The van der Waals surface area contributed by atoms with Gasteiger partial charge in [0.05, 0.1) is 20.5 Å². The Morgan fingerprint density at radius 2 is 2.00 bits per heavy atom. The fraction of sp³-hybridized carbons (Fsp3) is 0.462. The maximum atomic E-state index is 12.3. The number of nitrogens with two attached hydrogens (primary N) is 1. The number of carbonyl (C=O) groups is 1. The number of carbonyl (C=O) groups excluding carboxylic acids is 1. The molecule has 0 radical (unpaired) electrons. The molecule has 1 aromatic carbocycles. The Labute approximate surface area is 133 Å². The third-order valence-electron chi connectivity index (χ3n) is 3.79. The Morgan fingerprint density at radius 1 is 1.38 bits per heavy atom. The zero-order chi connectivity index (χ0) is 15.8. The van der Waals surface area contributed by atoms with Gasteiger partial charge >= 0.3 is 0 Å². The smallest absolute Gasteiger partial charge is 0.253 e. The minimum atomic E-state index is -3.96. The zero-order valence-electron chi connectivity index (χ0n) is 11.4. The van der Waals surface area contributed by atoms with E-state index in [1.165, 1.54) is 6.42 Å². The topological polar surface area (TPSA) is 89.3 Å². The van der Waals surface area contributed by atoms with E-state index in [-0.39, 0.29) is 26.5 Å². The van der Waals surface area contributed by atoms with Gasteiger partial charge in [0.15, 0.2) is 0 Å². The van der Waals surface area contributed by atoms with Crippen LogP contribution in [0.15, 0.2) is 17.0 Å². The molecule has 1 unspecified atom stereocenters. The first-order valence-electron chi connectivity index (χ1n) is 6.53. The molecule has 8 heteroatoms. The van der Waals surface area contributed by atoms with Crippen LogP contribution < -0.4 is 10.5 Å².